The van der Waals surface area contributed by atoms with E-state index in [1.165, 1.54) is 0 Å². The van der Waals surface area contributed by atoms with E-state index < -0.39 is 0 Å². The first-order valence-corrected chi connectivity index (χ1v) is 9.88. The third kappa shape index (κ3) is 4.33. The van der Waals surface area contributed by atoms with Gasteiger partial charge in [-0.1, -0.05) is 62.3 Å². The summed E-state index contributed by atoms with van der Waals surface area (Å²) in [4.78, 5) is 15.9. The predicted molar refractivity (Wildman–Crippen MR) is 104 cm³/mol. The van der Waals surface area contributed by atoms with Crippen molar-refractivity contribution in [1.29, 1.82) is 0 Å². The van der Waals surface area contributed by atoms with Crippen LogP contribution in [0.1, 0.15) is 76.2 Å². The third-order valence-corrected chi connectivity index (χ3v) is 5.56. The highest BCUT2D eigenvalue weighted by atomic mass is 16.2. The zero-order chi connectivity index (χ0) is 19.0. The first kappa shape index (κ1) is 21.5. The number of carbonyl (C=O) groups is 1. The van der Waals surface area contributed by atoms with Crippen LogP contribution in [-0.4, -0.2) is 35.0 Å². The molecule has 0 spiro atoms. The molecular formula is C21H42N2O. The zero-order valence-electron chi connectivity index (χ0n) is 18.0. The Morgan fingerprint density at radius 1 is 0.833 bits per heavy atom. The second-order valence-corrected chi connectivity index (χ2v) is 10.1. The fourth-order valence-electron chi connectivity index (χ4n) is 4.46. The first-order chi connectivity index (χ1) is 10.8. The van der Waals surface area contributed by atoms with Gasteiger partial charge in [0.1, 0.15) is 0 Å². The van der Waals surface area contributed by atoms with Crippen LogP contribution in [0.5, 0.6) is 0 Å². The second kappa shape index (κ2) is 7.76. The number of hydrogen-bond donors (Lipinski definition) is 1. The number of rotatable bonds is 4. The number of nitrogens with zero attached hydrogens (tertiary/aromatic N) is 1. The quantitative estimate of drug-likeness (QED) is 0.815. The molecule has 1 heterocycles. The van der Waals surface area contributed by atoms with Crippen molar-refractivity contribution in [2.45, 2.75) is 100 Å². The van der Waals surface area contributed by atoms with Gasteiger partial charge in [-0.3, -0.25) is 4.79 Å². The average molecular weight is 339 g/mol. The molecule has 0 radical (unpaired) electrons. The summed E-state index contributed by atoms with van der Waals surface area (Å²) in [5, 5.41) is 3.96. The largest absolute Gasteiger partial charge is 0.335 e. The summed E-state index contributed by atoms with van der Waals surface area (Å²) in [5.74, 6) is 1.70. The Bertz CT molecular complexity index is 420. The van der Waals surface area contributed by atoms with Crippen molar-refractivity contribution >= 4 is 5.91 Å². The number of hydrogen-bond acceptors (Lipinski definition) is 2. The summed E-state index contributed by atoms with van der Waals surface area (Å²) in [6.45, 7) is 24.5. The van der Waals surface area contributed by atoms with E-state index >= 15 is 0 Å². The average Bonchev–Trinajstić information content (AvgIpc) is 2.51. The molecule has 4 unspecified atom stereocenters. The van der Waals surface area contributed by atoms with Gasteiger partial charge >= 0.3 is 0 Å². The molecule has 3 nitrogen and oxygen atoms in total. The number of nitrogens with one attached hydrogen (secondary N) is 1. The smallest absolute Gasteiger partial charge is 0.228 e. The molecule has 1 amide bonds. The van der Waals surface area contributed by atoms with Crippen molar-refractivity contribution in [2.75, 3.05) is 0 Å². The van der Waals surface area contributed by atoms with Crippen molar-refractivity contribution in [2.24, 2.45) is 29.1 Å². The molecule has 4 atom stereocenters. The lowest BCUT2D eigenvalue weighted by Crippen LogP contribution is -2.57. The fraction of sp³-hybridized carbons (Fsp3) is 0.952. The Kier molecular flexibility index (Phi) is 6.94. The SMILES string of the molecule is CC(C)C1NC(C(C)C)C(C(C)(C)C)C(=O)N(C(C)C)C1C(C)C. The fourth-order valence-corrected chi connectivity index (χ4v) is 4.46. The van der Waals surface area contributed by atoms with Crippen LogP contribution in [0.4, 0.5) is 0 Å². The highest BCUT2D eigenvalue weighted by molar-refractivity contribution is 5.81. The lowest BCUT2D eigenvalue weighted by atomic mass is 9.72. The molecule has 1 aliphatic heterocycles. The molecule has 0 aromatic carbocycles. The monoisotopic (exact) mass is 338 g/mol. The van der Waals surface area contributed by atoms with Gasteiger partial charge in [-0.25, -0.2) is 0 Å². The van der Waals surface area contributed by atoms with Gasteiger partial charge in [-0.05, 0) is 37.0 Å². The van der Waals surface area contributed by atoms with Gasteiger partial charge in [0.25, 0.3) is 0 Å². The maximum absolute atomic E-state index is 13.7. The van der Waals surface area contributed by atoms with Crippen LogP contribution in [0.3, 0.4) is 0 Å². The summed E-state index contributed by atoms with van der Waals surface area (Å²) in [5.41, 5.74) is -0.0560. The molecule has 0 aromatic rings. The Morgan fingerprint density at radius 3 is 1.58 bits per heavy atom. The molecule has 1 rings (SSSR count). The van der Waals surface area contributed by atoms with Gasteiger partial charge < -0.3 is 10.2 Å². The Hall–Kier alpha value is -0.570. The van der Waals surface area contributed by atoms with Gasteiger partial charge in [0.15, 0.2) is 0 Å². The van der Waals surface area contributed by atoms with Gasteiger partial charge in [0.2, 0.25) is 5.91 Å². The zero-order valence-corrected chi connectivity index (χ0v) is 18.0. The summed E-state index contributed by atoms with van der Waals surface area (Å²) < 4.78 is 0. The second-order valence-electron chi connectivity index (χ2n) is 10.1. The molecule has 0 saturated carbocycles. The summed E-state index contributed by atoms with van der Waals surface area (Å²) in [7, 11) is 0. The summed E-state index contributed by atoms with van der Waals surface area (Å²) >= 11 is 0. The Balaban J connectivity index is 3.55. The molecule has 142 valence electrons. The van der Waals surface area contributed by atoms with Crippen LogP contribution in [0.15, 0.2) is 0 Å². The van der Waals surface area contributed by atoms with E-state index in [9.17, 15) is 4.79 Å². The topological polar surface area (TPSA) is 32.3 Å². The summed E-state index contributed by atoms with van der Waals surface area (Å²) in [6.07, 6.45) is 0. The molecule has 1 fully saturated rings. The van der Waals surface area contributed by atoms with Gasteiger partial charge in [0.05, 0.1) is 5.92 Å². The van der Waals surface area contributed by atoms with Crippen molar-refractivity contribution < 1.29 is 4.79 Å². The van der Waals surface area contributed by atoms with Gasteiger partial charge in [-0.15, -0.1) is 0 Å². The normalized spacial score (nSPS) is 30.0. The maximum atomic E-state index is 13.7. The minimum atomic E-state index is -0.0560. The first-order valence-electron chi connectivity index (χ1n) is 9.88. The van der Waals surface area contributed by atoms with Crippen LogP contribution in [0.25, 0.3) is 0 Å². The molecule has 0 aromatic heterocycles. The minimum absolute atomic E-state index is 0.00454. The molecule has 3 heteroatoms. The third-order valence-electron chi connectivity index (χ3n) is 5.56. The number of carbonyl (C=O) groups excluding carboxylic acids is 1. The van der Waals surface area contributed by atoms with Crippen molar-refractivity contribution in [3.05, 3.63) is 0 Å². The number of amides is 1. The standard InChI is InChI=1S/C21H42N2O/c1-12(2)17-16(21(9,10)11)20(24)23(15(7)8)19(14(5)6)18(22-17)13(3)4/h12-19,22H,1-11H3. The molecule has 1 saturated heterocycles. The van der Waals surface area contributed by atoms with Crippen LogP contribution in [0.2, 0.25) is 0 Å². The highest BCUT2D eigenvalue weighted by Crippen LogP contribution is 2.39. The van der Waals surface area contributed by atoms with Crippen LogP contribution < -0.4 is 5.32 Å². The molecule has 0 aliphatic carbocycles. The van der Waals surface area contributed by atoms with Crippen molar-refractivity contribution in [1.82, 2.24) is 10.2 Å². The van der Waals surface area contributed by atoms with Crippen molar-refractivity contribution in [3.8, 4) is 0 Å². The molecule has 0 bridgehead atoms. The Morgan fingerprint density at radius 2 is 1.29 bits per heavy atom. The van der Waals surface area contributed by atoms with E-state index in [2.05, 4.69) is 86.4 Å². The maximum Gasteiger partial charge on any atom is 0.228 e. The van der Waals surface area contributed by atoms with Crippen molar-refractivity contribution in [3.63, 3.8) is 0 Å². The van der Waals surface area contributed by atoms with Gasteiger partial charge in [0, 0.05) is 24.2 Å². The highest BCUT2D eigenvalue weighted by Gasteiger charge is 2.49. The van der Waals surface area contributed by atoms with E-state index in [-0.39, 0.29) is 29.5 Å². The lowest BCUT2D eigenvalue weighted by molar-refractivity contribution is -0.144. The Labute approximate surface area is 151 Å². The van der Waals surface area contributed by atoms with E-state index in [0.29, 0.717) is 29.7 Å². The van der Waals surface area contributed by atoms with E-state index in [4.69, 9.17) is 0 Å². The molecule has 1 N–H and O–H groups in total. The minimum Gasteiger partial charge on any atom is -0.335 e. The van der Waals surface area contributed by atoms with Gasteiger partial charge in [-0.2, -0.15) is 0 Å². The van der Waals surface area contributed by atoms with Crippen LogP contribution in [0, 0.1) is 29.1 Å². The molecular weight excluding hydrogens is 296 g/mol. The summed E-state index contributed by atoms with van der Waals surface area (Å²) in [6, 6.07) is 1.01. The molecule has 24 heavy (non-hydrogen) atoms. The van der Waals surface area contributed by atoms with E-state index in [0.717, 1.165) is 0 Å². The van der Waals surface area contributed by atoms with E-state index in [1.54, 1.807) is 0 Å². The predicted octanol–water partition coefficient (Wildman–Crippen LogP) is 4.56. The van der Waals surface area contributed by atoms with Crippen LogP contribution in [-0.2, 0) is 4.79 Å². The van der Waals surface area contributed by atoms with Crippen LogP contribution >= 0.6 is 0 Å². The lowest BCUT2D eigenvalue weighted by Gasteiger charge is -2.43. The van der Waals surface area contributed by atoms with E-state index in [1.807, 2.05) is 0 Å². The molecule has 1 aliphatic rings.